The Kier molecular flexibility index (Phi) is 5.53. The van der Waals surface area contributed by atoms with Gasteiger partial charge in [0.1, 0.15) is 0 Å². The molecule has 0 unspecified atom stereocenters. The molecule has 5 heteroatoms. The summed E-state index contributed by atoms with van der Waals surface area (Å²) in [6, 6.07) is 8.11. The van der Waals surface area contributed by atoms with Crippen molar-refractivity contribution < 1.29 is 9.90 Å². The van der Waals surface area contributed by atoms with Crippen molar-refractivity contribution in [3.8, 4) is 0 Å². The molecule has 0 aliphatic carbocycles. The Morgan fingerprint density at radius 1 is 1.48 bits per heavy atom. The van der Waals surface area contributed by atoms with E-state index in [0.717, 1.165) is 12.2 Å². The van der Waals surface area contributed by atoms with E-state index in [4.69, 9.17) is 0 Å². The van der Waals surface area contributed by atoms with Crippen LogP contribution >= 0.6 is 11.8 Å². The molecule has 1 aromatic rings. The molecular formula is C16H24N2O2S. The van der Waals surface area contributed by atoms with Crippen LogP contribution in [0.15, 0.2) is 24.3 Å². The molecule has 2 rings (SSSR count). The predicted octanol–water partition coefficient (Wildman–Crippen LogP) is 2.27. The second kappa shape index (κ2) is 7.18. The van der Waals surface area contributed by atoms with Crippen LogP contribution in [0.2, 0.25) is 0 Å². The standard InChI is InChI=1S/C16H24N2O2S/c1-12-4-3-5-14(8-12)13(2)9-17-15(19)18-10-16(20)6-7-21-11-16/h3-5,8,13,20H,6-7,9-11H2,1-2H3,(H2,17,18,19)/t13-,16-/m1/s1. The average Bonchev–Trinajstić information content (AvgIpc) is 2.90. The Hall–Kier alpha value is -1.20. The summed E-state index contributed by atoms with van der Waals surface area (Å²) in [5.74, 6) is 1.93. The average molecular weight is 308 g/mol. The predicted molar refractivity (Wildman–Crippen MR) is 87.9 cm³/mol. The van der Waals surface area contributed by atoms with Gasteiger partial charge in [0, 0.05) is 18.8 Å². The molecule has 0 radical (unpaired) electrons. The van der Waals surface area contributed by atoms with Gasteiger partial charge >= 0.3 is 6.03 Å². The Labute approximate surface area is 130 Å². The molecule has 4 nitrogen and oxygen atoms in total. The van der Waals surface area contributed by atoms with E-state index >= 15 is 0 Å². The van der Waals surface area contributed by atoms with Gasteiger partial charge in [-0.1, -0.05) is 36.8 Å². The minimum atomic E-state index is -0.732. The van der Waals surface area contributed by atoms with Crippen molar-refractivity contribution >= 4 is 17.8 Å². The van der Waals surface area contributed by atoms with Gasteiger partial charge in [0.25, 0.3) is 0 Å². The van der Waals surface area contributed by atoms with Crippen molar-refractivity contribution in [2.75, 3.05) is 24.6 Å². The van der Waals surface area contributed by atoms with Gasteiger partial charge in [0.05, 0.1) is 5.60 Å². The van der Waals surface area contributed by atoms with E-state index in [9.17, 15) is 9.90 Å². The molecule has 0 saturated carbocycles. The third-order valence-corrected chi connectivity index (χ3v) is 5.07. The third-order valence-electron chi connectivity index (χ3n) is 3.84. The van der Waals surface area contributed by atoms with Gasteiger partial charge in [-0.15, -0.1) is 0 Å². The van der Waals surface area contributed by atoms with E-state index in [2.05, 4.69) is 42.7 Å². The fourth-order valence-corrected chi connectivity index (χ4v) is 3.68. The van der Waals surface area contributed by atoms with E-state index in [1.807, 2.05) is 6.07 Å². The Morgan fingerprint density at radius 3 is 2.95 bits per heavy atom. The number of aryl methyl sites for hydroxylation is 1. The van der Waals surface area contributed by atoms with Gasteiger partial charge in [-0.05, 0) is 30.6 Å². The maximum absolute atomic E-state index is 11.8. The molecule has 2 amide bonds. The van der Waals surface area contributed by atoms with Crippen molar-refractivity contribution in [3.63, 3.8) is 0 Å². The smallest absolute Gasteiger partial charge is 0.314 e. The Balaban J connectivity index is 1.73. The van der Waals surface area contributed by atoms with Crippen LogP contribution in [0.5, 0.6) is 0 Å². The van der Waals surface area contributed by atoms with Gasteiger partial charge in [-0.2, -0.15) is 11.8 Å². The lowest BCUT2D eigenvalue weighted by atomic mass is 9.99. The van der Waals surface area contributed by atoms with Crippen molar-refractivity contribution in [2.24, 2.45) is 0 Å². The molecule has 1 aliphatic rings. The van der Waals surface area contributed by atoms with Gasteiger partial charge < -0.3 is 15.7 Å². The van der Waals surface area contributed by atoms with Crippen LogP contribution < -0.4 is 10.6 Å². The number of carbonyl (C=O) groups is 1. The summed E-state index contributed by atoms with van der Waals surface area (Å²) in [5.41, 5.74) is 1.72. The number of urea groups is 1. The fraction of sp³-hybridized carbons (Fsp3) is 0.562. The highest BCUT2D eigenvalue weighted by atomic mass is 32.2. The summed E-state index contributed by atoms with van der Waals surface area (Å²) in [4.78, 5) is 11.8. The first-order valence-corrected chi connectivity index (χ1v) is 8.52. The van der Waals surface area contributed by atoms with Crippen molar-refractivity contribution in [1.82, 2.24) is 10.6 Å². The topological polar surface area (TPSA) is 61.4 Å². The number of benzene rings is 1. The van der Waals surface area contributed by atoms with Crippen LogP contribution in [-0.2, 0) is 0 Å². The van der Waals surface area contributed by atoms with E-state index in [1.165, 1.54) is 11.1 Å². The van der Waals surface area contributed by atoms with E-state index in [1.54, 1.807) is 11.8 Å². The summed E-state index contributed by atoms with van der Waals surface area (Å²) in [6.45, 7) is 5.07. The van der Waals surface area contributed by atoms with Crippen LogP contribution in [0.4, 0.5) is 4.79 Å². The SMILES string of the molecule is Cc1cccc([C@H](C)CNC(=O)NC[C@]2(O)CCSC2)c1. The monoisotopic (exact) mass is 308 g/mol. The maximum atomic E-state index is 11.8. The highest BCUT2D eigenvalue weighted by Crippen LogP contribution is 2.26. The van der Waals surface area contributed by atoms with Crippen LogP contribution in [0, 0.1) is 6.92 Å². The molecule has 0 spiro atoms. The maximum Gasteiger partial charge on any atom is 0.314 e. The van der Waals surface area contributed by atoms with E-state index in [0.29, 0.717) is 18.8 Å². The number of aliphatic hydroxyl groups is 1. The largest absolute Gasteiger partial charge is 0.387 e. The number of thioether (sulfide) groups is 1. The third kappa shape index (κ3) is 4.93. The molecule has 1 aromatic carbocycles. The fourth-order valence-electron chi connectivity index (χ4n) is 2.38. The molecule has 116 valence electrons. The highest BCUT2D eigenvalue weighted by molar-refractivity contribution is 7.99. The van der Waals surface area contributed by atoms with Crippen LogP contribution in [0.3, 0.4) is 0 Å². The number of hydrogen-bond donors (Lipinski definition) is 3. The molecule has 2 atom stereocenters. The van der Waals surface area contributed by atoms with Crippen molar-refractivity contribution in [2.45, 2.75) is 31.8 Å². The van der Waals surface area contributed by atoms with Crippen LogP contribution in [0.25, 0.3) is 0 Å². The first kappa shape index (κ1) is 16.2. The zero-order chi connectivity index (χ0) is 15.3. The number of hydrogen-bond acceptors (Lipinski definition) is 3. The number of carbonyl (C=O) groups excluding carboxylic acids is 1. The van der Waals surface area contributed by atoms with E-state index < -0.39 is 5.60 Å². The van der Waals surface area contributed by atoms with Crippen molar-refractivity contribution in [1.29, 1.82) is 0 Å². The molecule has 0 aromatic heterocycles. The zero-order valence-corrected chi connectivity index (χ0v) is 13.5. The van der Waals surface area contributed by atoms with Crippen molar-refractivity contribution in [3.05, 3.63) is 35.4 Å². The second-order valence-electron chi connectivity index (χ2n) is 5.91. The molecule has 3 N–H and O–H groups in total. The summed E-state index contributed by atoms with van der Waals surface area (Å²) in [7, 11) is 0. The zero-order valence-electron chi connectivity index (χ0n) is 12.7. The molecule has 1 saturated heterocycles. The van der Waals surface area contributed by atoms with Gasteiger partial charge in [0.2, 0.25) is 0 Å². The molecular weight excluding hydrogens is 284 g/mol. The summed E-state index contributed by atoms with van der Waals surface area (Å²) in [6.07, 6.45) is 0.748. The first-order chi connectivity index (χ1) is 9.98. The highest BCUT2D eigenvalue weighted by Gasteiger charge is 2.31. The van der Waals surface area contributed by atoms with E-state index in [-0.39, 0.29) is 11.9 Å². The molecule has 1 aliphatic heterocycles. The molecule has 0 bridgehead atoms. The van der Waals surface area contributed by atoms with Crippen LogP contribution in [0.1, 0.15) is 30.4 Å². The minimum absolute atomic E-state index is 0.208. The number of nitrogens with one attached hydrogen (secondary N) is 2. The number of amides is 2. The quantitative estimate of drug-likeness (QED) is 0.782. The van der Waals surface area contributed by atoms with Crippen LogP contribution in [-0.4, -0.2) is 41.3 Å². The molecule has 1 heterocycles. The Morgan fingerprint density at radius 2 is 2.29 bits per heavy atom. The summed E-state index contributed by atoms with van der Waals surface area (Å²) in [5, 5.41) is 15.8. The summed E-state index contributed by atoms with van der Waals surface area (Å²) < 4.78 is 0. The second-order valence-corrected chi connectivity index (χ2v) is 7.01. The minimum Gasteiger partial charge on any atom is -0.387 e. The molecule has 1 fully saturated rings. The lowest BCUT2D eigenvalue weighted by molar-refractivity contribution is 0.0700. The van der Waals surface area contributed by atoms with Gasteiger partial charge in [-0.3, -0.25) is 0 Å². The lowest BCUT2D eigenvalue weighted by Crippen LogP contribution is -2.47. The lowest BCUT2D eigenvalue weighted by Gasteiger charge is -2.22. The molecule has 21 heavy (non-hydrogen) atoms. The summed E-state index contributed by atoms with van der Waals surface area (Å²) >= 11 is 1.73. The first-order valence-electron chi connectivity index (χ1n) is 7.37. The normalized spacial score (nSPS) is 22.8. The number of rotatable bonds is 5. The van der Waals surface area contributed by atoms with Gasteiger partial charge in [0.15, 0.2) is 0 Å². The Bertz CT molecular complexity index is 487. The van der Waals surface area contributed by atoms with Gasteiger partial charge in [-0.25, -0.2) is 4.79 Å².